The molecular formula is C14H24N4O3. The zero-order valence-electron chi connectivity index (χ0n) is 12.9. The van der Waals surface area contributed by atoms with Gasteiger partial charge in [-0.1, -0.05) is 0 Å². The Morgan fingerprint density at radius 2 is 2.29 bits per heavy atom. The predicted octanol–water partition coefficient (Wildman–Crippen LogP) is 0.151. The minimum absolute atomic E-state index is 0.000890. The number of hydrogen-bond donors (Lipinski definition) is 2. The van der Waals surface area contributed by atoms with Crippen LogP contribution in [0.2, 0.25) is 0 Å². The van der Waals surface area contributed by atoms with Crippen molar-refractivity contribution in [3.8, 4) is 0 Å². The van der Waals surface area contributed by atoms with Gasteiger partial charge in [-0.25, -0.2) is 0 Å². The fourth-order valence-electron chi connectivity index (χ4n) is 2.61. The van der Waals surface area contributed by atoms with Gasteiger partial charge >= 0.3 is 0 Å². The Bertz CT molecular complexity index is 501. The number of aromatic nitrogens is 2. The molecule has 2 N–H and O–H groups in total. The first-order valence-electron chi connectivity index (χ1n) is 7.33. The normalized spacial score (nSPS) is 19.7. The smallest absolute Gasteiger partial charge is 0.238 e. The maximum Gasteiger partial charge on any atom is 0.238 e. The largest absolute Gasteiger partial charge is 0.395 e. The highest BCUT2D eigenvalue weighted by atomic mass is 16.5. The van der Waals surface area contributed by atoms with E-state index >= 15 is 0 Å². The first-order valence-corrected chi connectivity index (χ1v) is 7.33. The fourth-order valence-corrected chi connectivity index (χ4v) is 2.61. The molecule has 0 aliphatic carbocycles. The number of anilines is 1. The van der Waals surface area contributed by atoms with Crippen LogP contribution in [-0.4, -0.2) is 64.6 Å². The van der Waals surface area contributed by atoms with Crippen LogP contribution in [0, 0.1) is 13.8 Å². The van der Waals surface area contributed by atoms with Crippen molar-refractivity contribution in [1.82, 2.24) is 14.7 Å². The number of nitrogens with one attached hydrogen (secondary N) is 1. The number of morpholine rings is 1. The first kappa shape index (κ1) is 15.9. The van der Waals surface area contributed by atoms with E-state index in [1.165, 1.54) is 0 Å². The van der Waals surface area contributed by atoms with Crippen molar-refractivity contribution in [3.05, 3.63) is 11.4 Å². The Balaban J connectivity index is 2.00. The lowest BCUT2D eigenvalue weighted by Gasteiger charge is -2.33. The summed E-state index contributed by atoms with van der Waals surface area (Å²) in [5.74, 6) is -0.0859. The summed E-state index contributed by atoms with van der Waals surface area (Å²) < 4.78 is 7.18. The second-order valence-electron chi connectivity index (χ2n) is 5.29. The second kappa shape index (κ2) is 7.02. The Morgan fingerprint density at radius 1 is 1.52 bits per heavy atom. The van der Waals surface area contributed by atoms with Crippen LogP contribution in [0.3, 0.4) is 0 Å². The van der Waals surface area contributed by atoms with Gasteiger partial charge in [0.25, 0.3) is 0 Å². The summed E-state index contributed by atoms with van der Waals surface area (Å²) in [6.45, 7) is 8.60. The van der Waals surface area contributed by atoms with Crippen LogP contribution in [0.25, 0.3) is 0 Å². The van der Waals surface area contributed by atoms with E-state index < -0.39 is 0 Å². The van der Waals surface area contributed by atoms with Crippen molar-refractivity contribution in [2.24, 2.45) is 0 Å². The van der Waals surface area contributed by atoms with Crippen LogP contribution in [0.5, 0.6) is 0 Å². The van der Waals surface area contributed by atoms with Crippen molar-refractivity contribution >= 4 is 11.6 Å². The Kier molecular flexibility index (Phi) is 5.33. The van der Waals surface area contributed by atoms with Crippen LogP contribution in [0.4, 0.5) is 5.69 Å². The summed E-state index contributed by atoms with van der Waals surface area (Å²) in [4.78, 5) is 14.2. The topological polar surface area (TPSA) is 79.6 Å². The van der Waals surface area contributed by atoms with Crippen LogP contribution < -0.4 is 5.32 Å². The van der Waals surface area contributed by atoms with Crippen LogP contribution in [0.1, 0.15) is 18.3 Å². The monoisotopic (exact) mass is 296 g/mol. The van der Waals surface area contributed by atoms with E-state index in [2.05, 4.69) is 10.4 Å². The number of carbonyl (C=O) groups is 1. The van der Waals surface area contributed by atoms with Crippen molar-refractivity contribution in [3.63, 3.8) is 0 Å². The molecule has 0 aromatic carbocycles. The minimum atomic E-state index is -0.106. The molecule has 1 aromatic rings. The number of ether oxygens (including phenoxy) is 1. The van der Waals surface area contributed by atoms with E-state index in [-0.39, 0.29) is 25.1 Å². The van der Waals surface area contributed by atoms with Gasteiger partial charge in [0, 0.05) is 13.1 Å². The second-order valence-corrected chi connectivity index (χ2v) is 5.29. The average molecular weight is 296 g/mol. The zero-order chi connectivity index (χ0) is 15.4. The summed E-state index contributed by atoms with van der Waals surface area (Å²) in [5.41, 5.74) is 2.57. The van der Waals surface area contributed by atoms with Crippen LogP contribution >= 0.6 is 0 Å². The van der Waals surface area contributed by atoms with E-state index in [0.29, 0.717) is 19.8 Å². The molecule has 2 heterocycles. The standard InChI is InChI=1S/C14H24N4O3/c1-4-18-11(3)14(10(2)16-18)15-13(20)7-17-5-6-21-9-12(17)8-19/h12,19H,4-9H2,1-3H3,(H,15,20). The van der Waals surface area contributed by atoms with Gasteiger partial charge < -0.3 is 15.2 Å². The Labute approximate surface area is 124 Å². The highest BCUT2D eigenvalue weighted by molar-refractivity contribution is 5.93. The molecule has 1 fully saturated rings. The molecule has 0 radical (unpaired) electrons. The van der Waals surface area contributed by atoms with Gasteiger partial charge in [-0.15, -0.1) is 0 Å². The molecule has 1 atom stereocenters. The van der Waals surface area contributed by atoms with Gasteiger partial charge in [-0.2, -0.15) is 5.10 Å². The molecule has 0 bridgehead atoms. The lowest BCUT2D eigenvalue weighted by Crippen LogP contribution is -2.50. The zero-order valence-corrected chi connectivity index (χ0v) is 12.9. The van der Waals surface area contributed by atoms with Crippen molar-refractivity contribution < 1.29 is 14.6 Å². The van der Waals surface area contributed by atoms with E-state index in [1.807, 2.05) is 30.4 Å². The lowest BCUT2D eigenvalue weighted by molar-refractivity contribution is -0.120. The lowest BCUT2D eigenvalue weighted by atomic mass is 10.2. The number of aliphatic hydroxyl groups is 1. The number of rotatable bonds is 5. The quantitative estimate of drug-likeness (QED) is 0.808. The van der Waals surface area contributed by atoms with Crippen LogP contribution in [0.15, 0.2) is 0 Å². The third kappa shape index (κ3) is 3.61. The van der Waals surface area contributed by atoms with Crippen molar-refractivity contribution in [1.29, 1.82) is 0 Å². The first-order chi connectivity index (χ1) is 10.1. The molecule has 7 heteroatoms. The molecule has 2 rings (SSSR count). The minimum Gasteiger partial charge on any atom is -0.395 e. The number of carbonyl (C=O) groups excluding carboxylic acids is 1. The van der Waals surface area contributed by atoms with Crippen molar-refractivity contribution in [2.45, 2.75) is 33.4 Å². The summed E-state index contributed by atoms with van der Waals surface area (Å²) in [6, 6.07) is -0.106. The number of aryl methyl sites for hydroxylation is 2. The molecular weight excluding hydrogens is 272 g/mol. The number of hydrogen-bond acceptors (Lipinski definition) is 5. The van der Waals surface area contributed by atoms with Gasteiger partial charge in [-0.05, 0) is 20.8 Å². The highest BCUT2D eigenvalue weighted by Gasteiger charge is 2.24. The number of aliphatic hydroxyl groups excluding tert-OH is 1. The van der Waals surface area contributed by atoms with Gasteiger partial charge in [0.15, 0.2) is 0 Å². The molecule has 1 unspecified atom stereocenters. The summed E-state index contributed by atoms with van der Waals surface area (Å²) in [7, 11) is 0. The third-order valence-corrected chi connectivity index (χ3v) is 3.85. The van der Waals surface area contributed by atoms with Crippen molar-refractivity contribution in [2.75, 3.05) is 38.2 Å². The molecule has 0 saturated carbocycles. The van der Waals surface area contributed by atoms with Crippen LogP contribution in [-0.2, 0) is 16.1 Å². The maximum absolute atomic E-state index is 12.2. The number of nitrogens with zero attached hydrogens (tertiary/aromatic N) is 3. The fraction of sp³-hybridized carbons (Fsp3) is 0.714. The molecule has 1 amide bonds. The van der Waals surface area contributed by atoms with E-state index in [9.17, 15) is 9.90 Å². The molecule has 118 valence electrons. The van der Waals surface area contributed by atoms with E-state index in [0.717, 1.165) is 23.6 Å². The average Bonchev–Trinajstić information content (AvgIpc) is 2.75. The van der Waals surface area contributed by atoms with E-state index in [1.54, 1.807) is 0 Å². The number of amides is 1. The Morgan fingerprint density at radius 3 is 2.90 bits per heavy atom. The predicted molar refractivity (Wildman–Crippen MR) is 79.3 cm³/mol. The summed E-state index contributed by atoms with van der Waals surface area (Å²) >= 11 is 0. The van der Waals surface area contributed by atoms with Gasteiger partial charge in [-0.3, -0.25) is 14.4 Å². The van der Waals surface area contributed by atoms with Gasteiger partial charge in [0.2, 0.25) is 5.91 Å². The molecule has 21 heavy (non-hydrogen) atoms. The molecule has 1 aliphatic heterocycles. The highest BCUT2D eigenvalue weighted by Crippen LogP contribution is 2.19. The molecule has 0 spiro atoms. The summed E-state index contributed by atoms with van der Waals surface area (Å²) in [6.07, 6.45) is 0. The Hall–Kier alpha value is -1.44. The van der Waals surface area contributed by atoms with E-state index in [4.69, 9.17) is 4.74 Å². The SMILES string of the molecule is CCn1nc(C)c(NC(=O)CN2CCOCC2CO)c1C. The molecule has 1 aliphatic rings. The van der Waals surface area contributed by atoms with Gasteiger partial charge in [0.1, 0.15) is 0 Å². The molecule has 7 nitrogen and oxygen atoms in total. The molecule has 1 saturated heterocycles. The van der Waals surface area contributed by atoms with Gasteiger partial charge in [0.05, 0.1) is 49.5 Å². The molecule has 1 aromatic heterocycles. The third-order valence-electron chi connectivity index (χ3n) is 3.85. The summed E-state index contributed by atoms with van der Waals surface area (Å²) in [5, 5.41) is 16.6. The maximum atomic E-state index is 12.2.